The minimum Gasteiger partial charge on any atom is -0.360 e. The normalized spacial score (nSPS) is 25.1. The maximum absolute atomic E-state index is 5.68. The van der Waals surface area contributed by atoms with E-state index in [1.54, 1.807) is 0 Å². The van der Waals surface area contributed by atoms with Crippen LogP contribution in [0.4, 0.5) is 0 Å². The van der Waals surface area contributed by atoms with Crippen molar-refractivity contribution in [2.24, 2.45) is 0 Å². The second-order valence-corrected chi connectivity index (χ2v) is 7.26. The number of piperidine rings is 1. The highest BCUT2D eigenvalue weighted by Gasteiger charge is 2.29. The summed E-state index contributed by atoms with van der Waals surface area (Å²) >= 11 is 7.53. The Kier molecular flexibility index (Phi) is 4.58. The molecule has 0 bridgehead atoms. The summed E-state index contributed by atoms with van der Waals surface area (Å²) in [6.45, 7) is 3.45. The number of hydrogen-bond donors (Lipinski definition) is 1. The first-order valence-electron chi connectivity index (χ1n) is 7.53. The van der Waals surface area contributed by atoms with Gasteiger partial charge in [0.2, 0.25) is 0 Å². The van der Waals surface area contributed by atoms with E-state index in [4.69, 9.17) is 12.2 Å². The fraction of sp³-hybridized carbons (Fsp3) is 0.667. The van der Waals surface area contributed by atoms with Crippen LogP contribution in [0.25, 0.3) is 0 Å². The number of likely N-dealkylation sites (tertiary alicyclic amines) is 2. The van der Waals surface area contributed by atoms with Gasteiger partial charge in [-0.05, 0) is 69.5 Å². The van der Waals surface area contributed by atoms with Gasteiger partial charge in [-0.1, -0.05) is 6.07 Å². The van der Waals surface area contributed by atoms with Crippen LogP contribution in [0, 0.1) is 0 Å². The monoisotopic (exact) mass is 309 g/mol. The lowest BCUT2D eigenvalue weighted by Crippen LogP contribution is -2.48. The highest BCUT2D eigenvalue weighted by atomic mass is 32.1. The first-order valence-corrected chi connectivity index (χ1v) is 8.82. The third-order valence-electron chi connectivity index (χ3n) is 4.43. The Morgan fingerprint density at radius 3 is 2.80 bits per heavy atom. The zero-order valence-electron chi connectivity index (χ0n) is 12.0. The van der Waals surface area contributed by atoms with Gasteiger partial charge in [-0.15, -0.1) is 11.3 Å². The van der Waals surface area contributed by atoms with Crippen molar-refractivity contribution in [2.45, 2.75) is 37.8 Å². The van der Waals surface area contributed by atoms with Crippen LogP contribution in [0.3, 0.4) is 0 Å². The SMILES string of the molecule is CN1CCC(NC(=S)N2CCC[C@H]2c2cccs2)CC1. The van der Waals surface area contributed by atoms with Crippen molar-refractivity contribution in [1.29, 1.82) is 0 Å². The number of nitrogens with zero attached hydrogens (tertiary/aromatic N) is 2. The molecule has 1 atom stereocenters. The zero-order valence-corrected chi connectivity index (χ0v) is 13.7. The Hall–Kier alpha value is -0.650. The molecule has 0 unspecified atom stereocenters. The third kappa shape index (κ3) is 3.15. The minimum atomic E-state index is 0.501. The van der Waals surface area contributed by atoms with Gasteiger partial charge in [0.25, 0.3) is 0 Å². The van der Waals surface area contributed by atoms with E-state index < -0.39 is 0 Å². The van der Waals surface area contributed by atoms with E-state index in [9.17, 15) is 0 Å². The second-order valence-electron chi connectivity index (χ2n) is 5.89. The molecule has 0 amide bonds. The standard InChI is InChI=1S/C15H23N3S2/c1-17-9-6-12(7-10-17)16-15(19)18-8-2-4-13(18)14-5-3-11-20-14/h3,5,11-13H,2,4,6-10H2,1H3,(H,16,19)/t13-/m0/s1. The molecule has 2 aliphatic heterocycles. The minimum absolute atomic E-state index is 0.501. The maximum atomic E-state index is 5.68. The van der Waals surface area contributed by atoms with Crippen LogP contribution in [0.1, 0.15) is 36.6 Å². The molecule has 0 radical (unpaired) electrons. The molecule has 2 aliphatic rings. The molecule has 0 spiro atoms. The summed E-state index contributed by atoms with van der Waals surface area (Å²) in [4.78, 5) is 6.25. The summed E-state index contributed by atoms with van der Waals surface area (Å²) in [6.07, 6.45) is 4.88. The van der Waals surface area contributed by atoms with Crippen molar-refractivity contribution in [3.63, 3.8) is 0 Å². The predicted octanol–water partition coefficient (Wildman–Crippen LogP) is 2.85. The van der Waals surface area contributed by atoms with E-state index in [0.717, 1.165) is 11.7 Å². The predicted molar refractivity (Wildman–Crippen MR) is 89.3 cm³/mol. The lowest BCUT2D eigenvalue weighted by atomic mass is 10.1. The molecule has 3 rings (SSSR count). The van der Waals surface area contributed by atoms with Crippen molar-refractivity contribution in [1.82, 2.24) is 15.1 Å². The Bertz CT molecular complexity index is 438. The Morgan fingerprint density at radius 2 is 2.10 bits per heavy atom. The van der Waals surface area contributed by atoms with Crippen LogP contribution in [0.15, 0.2) is 17.5 Å². The number of hydrogen-bond acceptors (Lipinski definition) is 3. The molecule has 5 heteroatoms. The molecule has 1 N–H and O–H groups in total. The van der Waals surface area contributed by atoms with E-state index in [0.29, 0.717) is 12.1 Å². The van der Waals surface area contributed by atoms with Crippen molar-refractivity contribution in [3.05, 3.63) is 22.4 Å². The van der Waals surface area contributed by atoms with Gasteiger partial charge < -0.3 is 15.1 Å². The topological polar surface area (TPSA) is 18.5 Å². The molecule has 0 aliphatic carbocycles. The summed E-state index contributed by atoms with van der Waals surface area (Å²) in [5.74, 6) is 0. The largest absolute Gasteiger partial charge is 0.360 e. The quantitative estimate of drug-likeness (QED) is 0.846. The molecular weight excluding hydrogens is 286 g/mol. The number of thiocarbonyl (C=S) groups is 1. The average molecular weight is 310 g/mol. The fourth-order valence-corrected chi connectivity index (χ4v) is 4.46. The molecule has 1 aromatic heterocycles. The molecule has 2 saturated heterocycles. The molecule has 0 aromatic carbocycles. The highest BCUT2D eigenvalue weighted by molar-refractivity contribution is 7.80. The van der Waals surface area contributed by atoms with Gasteiger partial charge in [0.05, 0.1) is 6.04 Å². The molecule has 3 heterocycles. The maximum Gasteiger partial charge on any atom is 0.169 e. The zero-order chi connectivity index (χ0) is 13.9. The second kappa shape index (κ2) is 6.41. The average Bonchev–Trinajstić information content (AvgIpc) is 3.11. The van der Waals surface area contributed by atoms with Gasteiger partial charge in [0, 0.05) is 17.5 Å². The molecular formula is C15H23N3S2. The van der Waals surface area contributed by atoms with Crippen molar-refractivity contribution >= 4 is 28.7 Å². The van der Waals surface area contributed by atoms with Crippen LogP contribution in [-0.2, 0) is 0 Å². The molecule has 20 heavy (non-hydrogen) atoms. The van der Waals surface area contributed by atoms with Crippen LogP contribution in [0.2, 0.25) is 0 Å². The van der Waals surface area contributed by atoms with Crippen LogP contribution in [-0.4, -0.2) is 47.6 Å². The van der Waals surface area contributed by atoms with E-state index in [2.05, 4.69) is 39.7 Å². The Morgan fingerprint density at radius 1 is 1.30 bits per heavy atom. The van der Waals surface area contributed by atoms with Gasteiger partial charge in [-0.25, -0.2) is 0 Å². The summed E-state index contributed by atoms with van der Waals surface area (Å²) in [7, 11) is 2.20. The summed E-state index contributed by atoms with van der Waals surface area (Å²) in [5, 5.41) is 6.74. The van der Waals surface area contributed by atoms with E-state index >= 15 is 0 Å². The van der Waals surface area contributed by atoms with Crippen LogP contribution < -0.4 is 5.32 Å². The lowest BCUT2D eigenvalue weighted by molar-refractivity contribution is 0.243. The summed E-state index contributed by atoms with van der Waals surface area (Å²) in [5.41, 5.74) is 0. The first-order chi connectivity index (χ1) is 9.74. The highest BCUT2D eigenvalue weighted by Crippen LogP contribution is 2.34. The van der Waals surface area contributed by atoms with Crippen molar-refractivity contribution in [2.75, 3.05) is 26.7 Å². The van der Waals surface area contributed by atoms with Gasteiger partial charge in [0.1, 0.15) is 0 Å². The van der Waals surface area contributed by atoms with Crippen molar-refractivity contribution in [3.8, 4) is 0 Å². The molecule has 2 fully saturated rings. The summed E-state index contributed by atoms with van der Waals surface area (Å²) < 4.78 is 0. The number of rotatable bonds is 2. The Labute approximate surface area is 131 Å². The summed E-state index contributed by atoms with van der Waals surface area (Å²) in [6, 6.07) is 5.44. The van der Waals surface area contributed by atoms with Crippen LogP contribution >= 0.6 is 23.6 Å². The van der Waals surface area contributed by atoms with Gasteiger partial charge in [-0.2, -0.15) is 0 Å². The number of thiophene rings is 1. The van der Waals surface area contributed by atoms with Crippen LogP contribution in [0.5, 0.6) is 0 Å². The molecule has 0 saturated carbocycles. The smallest absolute Gasteiger partial charge is 0.169 e. The Balaban J connectivity index is 1.59. The van der Waals surface area contributed by atoms with Crippen molar-refractivity contribution < 1.29 is 0 Å². The van der Waals surface area contributed by atoms with Gasteiger partial charge in [-0.3, -0.25) is 0 Å². The third-order valence-corrected chi connectivity index (χ3v) is 5.76. The fourth-order valence-electron chi connectivity index (χ4n) is 3.20. The molecule has 1 aromatic rings. The first kappa shape index (κ1) is 14.3. The van der Waals surface area contributed by atoms with E-state index in [-0.39, 0.29) is 0 Å². The number of nitrogens with one attached hydrogen (secondary N) is 1. The van der Waals surface area contributed by atoms with E-state index in [1.807, 2.05) is 11.3 Å². The lowest BCUT2D eigenvalue weighted by Gasteiger charge is -2.34. The van der Waals surface area contributed by atoms with Gasteiger partial charge >= 0.3 is 0 Å². The van der Waals surface area contributed by atoms with Gasteiger partial charge in [0.15, 0.2) is 5.11 Å². The molecule has 110 valence electrons. The molecule has 3 nitrogen and oxygen atoms in total. The van der Waals surface area contributed by atoms with E-state index in [1.165, 1.54) is 43.6 Å².